The Bertz CT molecular complexity index is 156. The largest absolute Gasteiger partial charge is 0.328 e. The van der Waals surface area contributed by atoms with Crippen molar-refractivity contribution in [2.75, 3.05) is 19.6 Å². The van der Waals surface area contributed by atoms with Crippen molar-refractivity contribution in [3.8, 4) is 0 Å². The Kier molecular flexibility index (Phi) is 3.82. The summed E-state index contributed by atoms with van der Waals surface area (Å²) in [6.07, 6.45) is 9.58. The molecule has 0 bridgehead atoms. The molecule has 1 aliphatic heterocycles. The van der Waals surface area contributed by atoms with Crippen LogP contribution < -0.4 is 5.73 Å². The molecule has 82 valence electrons. The van der Waals surface area contributed by atoms with Crippen molar-refractivity contribution < 1.29 is 0 Å². The second-order valence-electron chi connectivity index (χ2n) is 5.12. The lowest BCUT2D eigenvalue weighted by Crippen LogP contribution is -2.29. The first-order chi connectivity index (χ1) is 6.84. The van der Waals surface area contributed by atoms with E-state index >= 15 is 0 Å². The van der Waals surface area contributed by atoms with Crippen LogP contribution in [0.15, 0.2) is 0 Å². The Balaban J connectivity index is 1.60. The van der Waals surface area contributed by atoms with E-state index in [2.05, 4.69) is 4.90 Å². The molecular formula is C12H24N2. The summed E-state index contributed by atoms with van der Waals surface area (Å²) < 4.78 is 0. The molecule has 0 spiro atoms. The van der Waals surface area contributed by atoms with Gasteiger partial charge in [-0.05, 0) is 70.5 Å². The molecule has 0 radical (unpaired) electrons. The molecule has 1 heterocycles. The van der Waals surface area contributed by atoms with Crippen molar-refractivity contribution in [2.24, 2.45) is 11.7 Å². The van der Waals surface area contributed by atoms with E-state index in [1.807, 2.05) is 0 Å². The van der Waals surface area contributed by atoms with Crippen molar-refractivity contribution in [3.63, 3.8) is 0 Å². The molecule has 1 saturated heterocycles. The smallest absolute Gasteiger partial charge is 0.00390 e. The Hall–Kier alpha value is -0.0800. The van der Waals surface area contributed by atoms with Gasteiger partial charge in [0.15, 0.2) is 0 Å². The fourth-order valence-corrected chi connectivity index (χ4v) is 2.85. The highest BCUT2D eigenvalue weighted by Gasteiger charge is 2.19. The fourth-order valence-electron chi connectivity index (χ4n) is 2.85. The van der Waals surface area contributed by atoms with Crippen LogP contribution in [0.1, 0.15) is 44.9 Å². The normalized spacial score (nSPS) is 34.9. The average molecular weight is 196 g/mol. The van der Waals surface area contributed by atoms with Crippen LogP contribution in [0.25, 0.3) is 0 Å². The summed E-state index contributed by atoms with van der Waals surface area (Å²) in [5.74, 6) is 0.982. The third-order valence-electron chi connectivity index (χ3n) is 3.94. The summed E-state index contributed by atoms with van der Waals surface area (Å²) >= 11 is 0. The lowest BCUT2D eigenvalue weighted by molar-refractivity contribution is 0.255. The molecule has 0 atom stereocenters. The van der Waals surface area contributed by atoms with Gasteiger partial charge in [-0.25, -0.2) is 0 Å². The Morgan fingerprint density at radius 2 is 1.64 bits per heavy atom. The van der Waals surface area contributed by atoms with Crippen molar-refractivity contribution in [2.45, 2.75) is 51.0 Å². The van der Waals surface area contributed by atoms with E-state index in [9.17, 15) is 0 Å². The van der Waals surface area contributed by atoms with E-state index < -0.39 is 0 Å². The second-order valence-corrected chi connectivity index (χ2v) is 5.12. The Morgan fingerprint density at radius 1 is 1.00 bits per heavy atom. The fraction of sp³-hybridized carbons (Fsp3) is 1.00. The van der Waals surface area contributed by atoms with Crippen LogP contribution in [0.4, 0.5) is 0 Å². The maximum Gasteiger partial charge on any atom is 0.00390 e. The van der Waals surface area contributed by atoms with Gasteiger partial charge >= 0.3 is 0 Å². The van der Waals surface area contributed by atoms with Gasteiger partial charge in [-0.3, -0.25) is 0 Å². The highest BCUT2D eigenvalue weighted by molar-refractivity contribution is 4.76. The molecular weight excluding hydrogens is 172 g/mol. The molecule has 0 amide bonds. The van der Waals surface area contributed by atoms with Crippen LogP contribution >= 0.6 is 0 Å². The van der Waals surface area contributed by atoms with Gasteiger partial charge in [0.2, 0.25) is 0 Å². The minimum Gasteiger partial charge on any atom is -0.328 e. The summed E-state index contributed by atoms with van der Waals surface area (Å²) in [4.78, 5) is 2.63. The average Bonchev–Trinajstić information content (AvgIpc) is 2.70. The number of likely N-dealkylation sites (tertiary alicyclic amines) is 1. The lowest BCUT2D eigenvalue weighted by Gasteiger charge is -2.27. The van der Waals surface area contributed by atoms with E-state index in [0.717, 1.165) is 5.92 Å². The summed E-state index contributed by atoms with van der Waals surface area (Å²) in [5.41, 5.74) is 5.90. The number of hydrogen-bond acceptors (Lipinski definition) is 2. The first-order valence-corrected chi connectivity index (χ1v) is 6.32. The molecule has 0 aromatic heterocycles. The van der Waals surface area contributed by atoms with Crippen LogP contribution in [-0.4, -0.2) is 30.6 Å². The van der Waals surface area contributed by atoms with Crippen LogP contribution in [0.2, 0.25) is 0 Å². The van der Waals surface area contributed by atoms with E-state index in [4.69, 9.17) is 5.73 Å². The predicted octanol–water partition coefficient (Wildman–Crippen LogP) is 1.99. The third-order valence-corrected chi connectivity index (χ3v) is 3.94. The van der Waals surface area contributed by atoms with Crippen LogP contribution in [0, 0.1) is 5.92 Å². The molecule has 2 nitrogen and oxygen atoms in total. The number of nitrogens with zero attached hydrogens (tertiary/aromatic N) is 1. The molecule has 1 aliphatic carbocycles. The topological polar surface area (TPSA) is 29.3 Å². The molecule has 2 heteroatoms. The number of nitrogens with two attached hydrogens (primary N) is 1. The Labute approximate surface area is 87.8 Å². The summed E-state index contributed by atoms with van der Waals surface area (Å²) in [5, 5.41) is 0. The highest BCUT2D eigenvalue weighted by atomic mass is 15.1. The highest BCUT2D eigenvalue weighted by Crippen LogP contribution is 2.26. The predicted molar refractivity (Wildman–Crippen MR) is 60.2 cm³/mol. The molecule has 14 heavy (non-hydrogen) atoms. The lowest BCUT2D eigenvalue weighted by atomic mass is 9.84. The maximum absolute atomic E-state index is 5.90. The van der Waals surface area contributed by atoms with Crippen molar-refractivity contribution in [1.82, 2.24) is 4.90 Å². The van der Waals surface area contributed by atoms with E-state index in [1.54, 1.807) is 0 Å². The SMILES string of the molecule is N[C@H]1CC[C@H](CCN2CCCC2)CC1. The summed E-state index contributed by atoms with van der Waals surface area (Å²) in [6.45, 7) is 4.05. The summed E-state index contributed by atoms with van der Waals surface area (Å²) in [7, 11) is 0. The maximum atomic E-state index is 5.90. The van der Waals surface area contributed by atoms with E-state index in [1.165, 1.54) is 64.6 Å². The number of hydrogen-bond donors (Lipinski definition) is 1. The van der Waals surface area contributed by atoms with Gasteiger partial charge in [-0.15, -0.1) is 0 Å². The van der Waals surface area contributed by atoms with E-state index in [-0.39, 0.29) is 0 Å². The molecule has 0 aromatic carbocycles. The zero-order valence-electron chi connectivity index (χ0n) is 9.25. The van der Waals surface area contributed by atoms with E-state index in [0.29, 0.717) is 6.04 Å². The monoisotopic (exact) mass is 196 g/mol. The van der Waals surface area contributed by atoms with Gasteiger partial charge in [0, 0.05) is 6.04 Å². The van der Waals surface area contributed by atoms with Crippen molar-refractivity contribution in [1.29, 1.82) is 0 Å². The van der Waals surface area contributed by atoms with Gasteiger partial charge < -0.3 is 10.6 Å². The van der Waals surface area contributed by atoms with Gasteiger partial charge in [-0.2, -0.15) is 0 Å². The van der Waals surface area contributed by atoms with Crippen molar-refractivity contribution in [3.05, 3.63) is 0 Å². The van der Waals surface area contributed by atoms with Crippen LogP contribution in [0.3, 0.4) is 0 Å². The zero-order chi connectivity index (χ0) is 9.80. The zero-order valence-corrected chi connectivity index (χ0v) is 9.25. The minimum absolute atomic E-state index is 0.512. The molecule has 1 saturated carbocycles. The van der Waals surface area contributed by atoms with Gasteiger partial charge in [0.05, 0.1) is 0 Å². The van der Waals surface area contributed by atoms with Gasteiger partial charge in [-0.1, -0.05) is 0 Å². The van der Waals surface area contributed by atoms with Crippen molar-refractivity contribution >= 4 is 0 Å². The molecule has 2 rings (SSSR count). The quantitative estimate of drug-likeness (QED) is 0.748. The minimum atomic E-state index is 0.512. The van der Waals surface area contributed by atoms with Crippen LogP contribution in [-0.2, 0) is 0 Å². The standard InChI is InChI=1S/C12H24N2/c13-12-5-3-11(4-6-12)7-10-14-8-1-2-9-14/h11-12H,1-10,13H2/t11-,12-. The second kappa shape index (κ2) is 5.13. The number of rotatable bonds is 3. The summed E-state index contributed by atoms with van der Waals surface area (Å²) in [6, 6.07) is 0.512. The van der Waals surface area contributed by atoms with Crippen LogP contribution in [0.5, 0.6) is 0 Å². The first-order valence-electron chi connectivity index (χ1n) is 6.32. The molecule has 0 unspecified atom stereocenters. The molecule has 2 N–H and O–H groups in total. The third kappa shape index (κ3) is 2.96. The van der Waals surface area contributed by atoms with Gasteiger partial charge in [0.25, 0.3) is 0 Å². The first kappa shape index (κ1) is 10.4. The molecule has 0 aromatic rings. The van der Waals surface area contributed by atoms with Gasteiger partial charge in [0.1, 0.15) is 0 Å². The molecule has 2 fully saturated rings. The molecule has 2 aliphatic rings. The Morgan fingerprint density at radius 3 is 2.29 bits per heavy atom.